The standard InChI is InChI=1S/C19H18F3N3OS/c20-19(21,22)15-6-2-1-4-13(15)14-5-3-7-16(14)23-11-12-10-17(26)25-8-9-27-18(25)24-12/h1-2,4,6,8-10,14,16,23H,3,5,7,11H2. The average molecular weight is 393 g/mol. The Balaban J connectivity index is 1.55. The minimum absolute atomic E-state index is 0.0721. The maximum atomic E-state index is 13.4. The van der Waals surface area contributed by atoms with E-state index in [2.05, 4.69) is 10.3 Å². The van der Waals surface area contributed by atoms with E-state index in [1.165, 1.54) is 27.9 Å². The van der Waals surface area contributed by atoms with Crippen LogP contribution >= 0.6 is 11.3 Å². The molecule has 0 spiro atoms. The van der Waals surface area contributed by atoms with Gasteiger partial charge in [0.1, 0.15) is 0 Å². The molecule has 142 valence electrons. The highest BCUT2D eigenvalue weighted by atomic mass is 32.1. The lowest BCUT2D eigenvalue weighted by molar-refractivity contribution is -0.138. The van der Waals surface area contributed by atoms with E-state index < -0.39 is 11.7 Å². The first kappa shape index (κ1) is 18.2. The van der Waals surface area contributed by atoms with Crippen molar-refractivity contribution in [3.63, 3.8) is 0 Å². The van der Waals surface area contributed by atoms with Crippen LogP contribution in [-0.4, -0.2) is 15.4 Å². The molecule has 3 aromatic rings. The molecular formula is C19H18F3N3OS. The summed E-state index contributed by atoms with van der Waals surface area (Å²) in [5, 5.41) is 5.13. The first-order valence-corrected chi connectivity index (χ1v) is 9.67. The molecule has 2 unspecified atom stereocenters. The van der Waals surface area contributed by atoms with Crippen LogP contribution in [0.4, 0.5) is 13.2 Å². The second kappa shape index (κ2) is 7.09. The number of benzene rings is 1. The minimum atomic E-state index is -4.36. The van der Waals surface area contributed by atoms with Crippen LogP contribution < -0.4 is 10.9 Å². The summed E-state index contributed by atoms with van der Waals surface area (Å²) in [6.45, 7) is 0.360. The first-order valence-electron chi connectivity index (χ1n) is 8.79. The Kier molecular flexibility index (Phi) is 4.77. The van der Waals surface area contributed by atoms with E-state index >= 15 is 0 Å². The zero-order valence-corrected chi connectivity index (χ0v) is 15.2. The van der Waals surface area contributed by atoms with Gasteiger partial charge in [0.2, 0.25) is 0 Å². The van der Waals surface area contributed by atoms with Crippen molar-refractivity contribution < 1.29 is 13.2 Å². The lowest BCUT2D eigenvalue weighted by Gasteiger charge is -2.24. The third-order valence-corrected chi connectivity index (χ3v) is 5.84. The number of hydrogen-bond donors (Lipinski definition) is 1. The molecule has 27 heavy (non-hydrogen) atoms. The summed E-state index contributed by atoms with van der Waals surface area (Å²) in [5.74, 6) is -0.200. The number of thiazole rings is 1. The fourth-order valence-electron chi connectivity index (χ4n) is 3.87. The molecule has 1 aliphatic carbocycles. The first-order chi connectivity index (χ1) is 12.9. The summed E-state index contributed by atoms with van der Waals surface area (Å²) in [4.78, 5) is 17.1. The van der Waals surface area contributed by atoms with Crippen molar-refractivity contribution in [2.75, 3.05) is 0 Å². The number of alkyl halides is 3. The number of nitrogens with zero attached hydrogens (tertiary/aromatic N) is 2. The third-order valence-electron chi connectivity index (χ3n) is 5.08. The van der Waals surface area contributed by atoms with Gasteiger partial charge in [0.15, 0.2) is 4.96 Å². The second-order valence-electron chi connectivity index (χ2n) is 6.75. The second-order valence-corrected chi connectivity index (χ2v) is 7.62. The van der Waals surface area contributed by atoms with Gasteiger partial charge in [-0.1, -0.05) is 24.6 Å². The highest BCUT2D eigenvalue weighted by Crippen LogP contribution is 2.41. The topological polar surface area (TPSA) is 46.4 Å². The fourth-order valence-corrected chi connectivity index (χ4v) is 4.61. The van der Waals surface area contributed by atoms with E-state index in [4.69, 9.17) is 0 Å². The van der Waals surface area contributed by atoms with Crippen LogP contribution in [0.5, 0.6) is 0 Å². The molecule has 1 aromatic carbocycles. The molecular weight excluding hydrogens is 375 g/mol. The van der Waals surface area contributed by atoms with Gasteiger partial charge in [0, 0.05) is 30.2 Å². The SMILES string of the molecule is O=c1cc(CNC2CCCC2c2ccccc2C(F)(F)F)nc2sccn12. The summed E-state index contributed by atoms with van der Waals surface area (Å²) in [6.07, 6.45) is -0.297. The van der Waals surface area contributed by atoms with E-state index in [9.17, 15) is 18.0 Å². The average Bonchev–Trinajstić information content (AvgIpc) is 3.28. The van der Waals surface area contributed by atoms with Crippen LogP contribution in [0.2, 0.25) is 0 Å². The number of halogens is 3. The molecule has 4 nitrogen and oxygen atoms in total. The summed E-state index contributed by atoms with van der Waals surface area (Å²) < 4.78 is 41.6. The summed E-state index contributed by atoms with van der Waals surface area (Å²) in [5.41, 5.74) is 0.252. The molecule has 1 saturated carbocycles. The largest absolute Gasteiger partial charge is 0.416 e. The lowest BCUT2D eigenvalue weighted by Crippen LogP contribution is -2.32. The van der Waals surface area contributed by atoms with Gasteiger partial charge in [-0.05, 0) is 30.4 Å². The number of hydrogen-bond acceptors (Lipinski definition) is 4. The van der Waals surface area contributed by atoms with Gasteiger partial charge in [-0.2, -0.15) is 13.2 Å². The molecule has 2 heterocycles. The van der Waals surface area contributed by atoms with Gasteiger partial charge in [0.05, 0.1) is 11.3 Å². The van der Waals surface area contributed by atoms with Crippen molar-refractivity contribution in [3.8, 4) is 0 Å². The van der Waals surface area contributed by atoms with Crippen molar-refractivity contribution in [1.29, 1.82) is 0 Å². The Morgan fingerprint density at radius 3 is 2.89 bits per heavy atom. The quantitative estimate of drug-likeness (QED) is 0.723. The van der Waals surface area contributed by atoms with E-state index in [-0.39, 0.29) is 17.5 Å². The van der Waals surface area contributed by atoms with Gasteiger partial charge in [-0.3, -0.25) is 9.20 Å². The van der Waals surface area contributed by atoms with Gasteiger partial charge in [0.25, 0.3) is 5.56 Å². The molecule has 1 aliphatic rings. The molecule has 1 N–H and O–H groups in total. The molecule has 1 fully saturated rings. The van der Waals surface area contributed by atoms with Gasteiger partial charge < -0.3 is 5.32 Å². The maximum absolute atomic E-state index is 13.4. The summed E-state index contributed by atoms with van der Waals surface area (Å²) in [7, 11) is 0. The molecule has 4 rings (SSSR count). The Hall–Kier alpha value is -2.19. The molecule has 0 radical (unpaired) electrons. The predicted octanol–water partition coefficient (Wildman–Crippen LogP) is 4.20. The molecule has 2 aromatic heterocycles. The maximum Gasteiger partial charge on any atom is 0.416 e. The third kappa shape index (κ3) is 3.64. The van der Waals surface area contributed by atoms with E-state index in [0.717, 1.165) is 18.9 Å². The van der Waals surface area contributed by atoms with Crippen LogP contribution in [0.3, 0.4) is 0 Å². The van der Waals surface area contributed by atoms with Gasteiger partial charge in [-0.25, -0.2) is 4.98 Å². The Bertz CT molecular complexity index is 1010. The summed E-state index contributed by atoms with van der Waals surface area (Å²) in [6, 6.07) is 7.22. The van der Waals surface area contributed by atoms with Crippen LogP contribution in [0.15, 0.2) is 46.7 Å². The van der Waals surface area contributed by atoms with Crippen LogP contribution in [0.1, 0.15) is 42.0 Å². The van der Waals surface area contributed by atoms with Crippen molar-refractivity contribution in [1.82, 2.24) is 14.7 Å². The molecule has 8 heteroatoms. The Labute approximate surface area is 157 Å². The molecule has 0 saturated heterocycles. The Morgan fingerprint density at radius 2 is 2.07 bits per heavy atom. The summed E-state index contributed by atoms with van der Waals surface area (Å²) >= 11 is 1.37. The monoisotopic (exact) mass is 393 g/mol. The van der Waals surface area contributed by atoms with Crippen LogP contribution in [-0.2, 0) is 12.7 Å². The number of nitrogens with one attached hydrogen (secondary N) is 1. The van der Waals surface area contributed by atoms with Crippen molar-refractivity contribution in [2.45, 2.75) is 43.9 Å². The number of fused-ring (bicyclic) bond motifs is 1. The smallest absolute Gasteiger partial charge is 0.308 e. The number of rotatable bonds is 4. The Morgan fingerprint density at radius 1 is 1.26 bits per heavy atom. The van der Waals surface area contributed by atoms with Crippen LogP contribution in [0.25, 0.3) is 4.96 Å². The highest BCUT2D eigenvalue weighted by molar-refractivity contribution is 7.15. The highest BCUT2D eigenvalue weighted by Gasteiger charge is 2.38. The molecule has 2 atom stereocenters. The van der Waals surface area contributed by atoms with E-state index in [1.54, 1.807) is 23.7 Å². The zero-order chi connectivity index (χ0) is 19.0. The zero-order valence-electron chi connectivity index (χ0n) is 14.4. The lowest BCUT2D eigenvalue weighted by atomic mass is 9.89. The van der Waals surface area contributed by atoms with Crippen molar-refractivity contribution >= 4 is 16.3 Å². The van der Waals surface area contributed by atoms with Gasteiger partial charge in [-0.15, -0.1) is 11.3 Å². The predicted molar refractivity (Wildman–Crippen MR) is 98.0 cm³/mol. The molecule has 0 aliphatic heterocycles. The number of aromatic nitrogens is 2. The van der Waals surface area contributed by atoms with Gasteiger partial charge >= 0.3 is 6.18 Å². The molecule has 0 bridgehead atoms. The van der Waals surface area contributed by atoms with Crippen LogP contribution in [0, 0.1) is 0 Å². The minimum Gasteiger partial charge on any atom is -0.308 e. The van der Waals surface area contributed by atoms with Crippen molar-refractivity contribution in [3.05, 3.63) is 69.1 Å². The van der Waals surface area contributed by atoms with E-state index in [1.807, 2.05) is 0 Å². The molecule has 0 amide bonds. The normalized spacial score (nSPS) is 20.4. The van der Waals surface area contributed by atoms with Crippen molar-refractivity contribution in [2.24, 2.45) is 0 Å². The van der Waals surface area contributed by atoms with E-state index in [0.29, 0.717) is 29.2 Å². The fraction of sp³-hybridized carbons (Fsp3) is 0.368.